The minimum absolute atomic E-state index is 0.0847. The van der Waals surface area contributed by atoms with E-state index in [9.17, 15) is 9.59 Å². The van der Waals surface area contributed by atoms with Crippen molar-refractivity contribution >= 4 is 23.4 Å². The molecule has 0 unspecified atom stereocenters. The predicted molar refractivity (Wildman–Crippen MR) is 79.9 cm³/mol. The van der Waals surface area contributed by atoms with Gasteiger partial charge in [0.1, 0.15) is 5.75 Å². The first kappa shape index (κ1) is 15.6. The van der Waals surface area contributed by atoms with Crippen molar-refractivity contribution in [2.75, 3.05) is 6.61 Å². The monoisotopic (exact) mass is 310 g/mol. The summed E-state index contributed by atoms with van der Waals surface area (Å²) >= 11 is 5.86. The summed E-state index contributed by atoms with van der Waals surface area (Å²) in [5.74, 6) is 0.542. The SMILES string of the molecule is Cc1cc(Cl)ccc1OCCCC(=O)NNC(=O)C1CC1. The number of amides is 2. The van der Waals surface area contributed by atoms with Crippen molar-refractivity contribution in [2.45, 2.75) is 32.6 Å². The third-order valence-electron chi connectivity index (χ3n) is 3.22. The Balaban J connectivity index is 1.60. The molecule has 1 aliphatic carbocycles. The topological polar surface area (TPSA) is 67.4 Å². The summed E-state index contributed by atoms with van der Waals surface area (Å²) in [5, 5.41) is 0.672. The van der Waals surface area contributed by atoms with Crippen molar-refractivity contribution in [3.05, 3.63) is 28.8 Å². The van der Waals surface area contributed by atoms with Crippen LogP contribution in [0.1, 0.15) is 31.2 Å². The van der Waals surface area contributed by atoms with E-state index in [-0.39, 0.29) is 17.7 Å². The number of hydrogen-bond acceptors (Lipinski definition) is 3. The fourth-order valence-corrected chi connectivity index (χ4v) is 2.06. The first-order valence-corrected chi connectivity index (χ1v) is 7.41. The van der Waals surface area contributed by atoms with Gasteiger partial charge in [0.25, 0.3) is 0 Å². The molecule has 114 valence electrons. The van der Waals surface area contributed by atoms with E-state index in [0.717, 1.165) is 24.2 Å². The molecule has 0 spiro atoms. The maximum absolute atomic E-state index is 11.5. The Labute approximate surface area is 129 Å². The largest absolute Gasteiger partial charge is 0.493 e. The molecule has 6 heteroatoms. The summed E-state index contributed by atoms with van der Waals surface area (Å²) in [4.78, 5) is 22.8. The number of halogens is 1. The van der Waals surface area contributed by atoms with Gasteiger partial charge in [-0.05, 0) is 49.9 Å². The van der Waals surface area contributed by atoms with Crippen LogP contribution in [0, 0.1) is 12.8 Å². The van der Waals surface area contributed by atoms with Crippen LogP contribution in [-0.2, 0) is 9.59 Å². The van der Waals surface area contributed by atoms with Crippen molar-refractivity contribution in [3.63, 3.8) is 0 Å². The van der Waals surface area contributed by atoms with E-state index in [1.54, 1.807) is 6.07 Å². The number of aryl methyl sites for hydroxylation is 1. The van der Waals surface area contributed by atoms with Crippen LogP contribution in [0.25, 0.3) is 0 Å². The van der Waals surface area contributed by atoms with Gasteiger partial charge >= 0.3 is 0 Å². The molecule has 21 heavy (non-hydrogen) atoms. The molecule has 1 fully saturated rings. The fraction of sp³-hybridized carbons (Fsp3) is 0.467. The molecule has 0 aromatic heterocycles. The normalized spacial score (nSPS) is 13.6. The number of benzene rings is 1. The van der Waals surface area contributed by atoms with E-state index < -0.39 is 0 Å². The highest BCUT2D eigenvalue weighted by molar-refractivity contribution is 6.30. The van der Waals surface area contributed by atoms with Crippen LogP contribution in [0.5, 0.6) is 5.75 Å². The lowest BCUT2D eigenvalue weighted by atomic mass is 10.2. The summed E-state index contributed by atoms with van der Waals surface area (Å²) in [7, 11) is 0. The van der Waals surface area contributed by atoms with Crippen molar-refractivity contribution in [1.29, 1.82) is 0 Å². The van der Waals surface area contributed by atoms with Crippen molar-refractivity contribution in [2.24, 2.45) is 5.92 Å². The molecule has 2 N–H and O–H groups in total. The summed E-state index contributed by atoms with van der Waals surface area (Å²) in [6.45, 7) is 2.35. The van der Waals surface area contributed by atoms with E-state index in [0.29, 0.717) is 24.5 Å². The molecule has 0 radical (unpaired) electrons. The number of nitrogens with one attached hydrogen (secondary N) is 2. The Kier molecular flexibility index (Phi) is 5.44. The van der Waals surface area contributed by atoms with E-state index in [1.807, 2.05) is 19.1 Å². The van der Waals surface area contributed by atoms with E-state index in [2.05, 4.69) is 10.9 Å². The second-order valence-corrected chi connectivity index (χ2v) is 5.61. The molecule has 1 aromatic rings. The van der Waals surface area contributed by atoms with Gasteiger partial charge < -0.3 is 4.74 Å². The van der Waals surface area contributed by atoms with Gasteiger partial charge in [0.2, 0.25) is 11.8 Å². The Morgan fingerprint density at radius 3 is 2.76 bits per heavy atom. The maximum atomic E-state index is 11.5. The Morgan fingerprint density at radius 1 is 1.33 bits per heavy atom. The lowest BCUT2D eigenvalue weighted by Gasteiger charge is -2.10. The lowest BCUT2D eigenvalue weighted by Crippen LogP contribution is -2.42. The highest BCUT2D eigenvalue weighted by atomic mass is 35.5. The molecule has 2 amide bonds. The average molecular weight is 311 g/mol. The number of hydrazine groups is 1. The van der Waals surface area contributed by atoms with Crippen LogP contribution in [-0.4, -0.2) is 18.4 Å². The lowest BCUT2D eigenvalue weighted by molar-refractivity contribution is -0.129. The number of hydrogen-bond donors (Lipinski definition) is 2. The van der Waals surface area contributed by atoms with Gasteiger partial charge in [-0.2, -0.15) is 0 Å². The third-order valence-corrected chi connectivity index (χ3v) is 3.45. The highest BCUT2D eigenvalue weighted by Crippen LogP contribution is 2.28. The molecular weight excluding hydrogens is 292 g/mol. The molecule has 1 aliphatic rings. The van der Waals surface area contributed by atoms with Crippen molar-refractivity contribution in [3.8, 4) is 5.75 Å². The van der Waals surface area contributed by atoms with Crippen LogP contribution in [0.3, 0.4) is 0 Å². The molecular formula is C15H19ClN2O3. The van der Waals surface area contributed by atoms with Crippen LogP contribution in [0.15, 0.2) is 18.2 Å². The van der Waals surface area contributed by atoms with Crippen LogP contribution >= 0.6 is 11.6 Å². The van der Waals surface area contributed by atoms with E-state index in [4.69, 9.17) is 16.3 Å². The summed E-state index contributed by atoms with van der Waals surface area (Å²) in [5.41, 5.74) is 5.80. The zero-order valence-electron chi connectivity index (χ0n) is 11.9. The molecule has 5 nitrogen and oxygen atoms in total. The molecule has 2 rings (SSSR count). The summed E-state index contributed by atoms with van der Waals surface area (Å²) in [6, 6.07) is 5.41. The third kappa shape index (κ3) is 5.27. The van der Waals surface area contributed by atoms with Gasteiger partial charge in [-0.15, -0.1) is 0 Å². The maximum Gasteiger partial charge on any atom is 0.241 e. The number of carbonyl (C=O) groups excluding carboxylic acids is 2. The Bertz CT molecular complexity index is 530. The first-order chi connectivity index (χ1) is 10.1. The van der Waals surface area contributed by atoms with Crippen molar-refractivity contribution < 1.29 is 14.3 Å². The van der Waals surface area contributed by atoms with Gasteiger partial charge in [-0.3, -0.25) is 20.4 Å². The average Bonchev–Trinajstić information content (AvgIpc) is 3.27. The van der Waals surface area contributed by atoms with Gasteiger partial charge in [-0.25, -0.2) is 0 Å². The van der Waals surface area contributed by atoms with E-state index >= 15 is 0 Å². The van der Waals surface area contributed by atoms with Gasteiger partial charge in [-0.1, -0.05) is 11.6 Å². The predicted octanol–water partition coefficient (Wildman–Crippen LogP) is 2.36. The molecule has 0 atom stereocenters. The van der Waals surface area contributed by atoms with Crippen LogP contribution in [0.4, 0.5) is 0 Å². The second-order valence-electron chi connectivity index (χ2n) is 5.17. The minimum atomic E-state index is -0.208. The van der Waals surface area contributed by atoms with Crippen LogP contribution in [0.2, 0.25) is 5.02 Å². The molecule has 0 aliphatic heterocycles. The number of carbonyl (C=O) groups is 2. The molecule has 0 saturated heterocycles. The standard InChI is InChI=1S/C15H19ClN2O3/c1-10-9-12(16)6-7-13(10)21-8-2-3-14(19)17-18-15(20)11-4-5-11/h6-7,9,11H,2-5,8H2,1H3,(H,17,19)(H,18,20). The number of ether oxygens (including phenoxy) is 1. The molecule has 0 heterocycles. The van der Waals surface area contributed by atoms with Crippen LogP contribution < -0.4 is 15.6 Å². The molecule has 0 bridgehead atoms. The highest BCUT2D eigenvalue weighted by Gasteiger charge is 2.29. The quantitative estimate of drug-likeness (QED) is 0.626. The zero-order chi connectivity index (χ0) is 15.2. The van der Waals surface area contributed by atoms with Gasteiger partial charge in [0.15, 0.2) is 0 Å². The Hall–Kier alpha value is -1.75. The Morgan fingerprint density at radius 2 is 2.10 bits per heavy atom. The van der Waals surface area contributed by atoms with Gasteiger partial charge in [0.05, 0.1) is 6.61 Å². The zero-order valence-corrected chi connectivity index (χ0v) is 12.7. The second kappa shape index (κ2) is 7.31. The fourth-order valence-electron chi connectivity index (χ4n) is 1.83. The minimum Gasteiger partial charge on any atom is -0.493 e. The number of rotatable bonds is 6. The van der Waals surface area contributed by atoms with E-state index in [1.165, 1.54) is 0 Å². The summed E-state index contributed by atoms with van der Waals surface area (Å²) in [6.07, 6.45) is 2.71. The molecule has 1 aromatic carbocycles. The van der Waals surface area contributed by atoms with Gasteiger partial charge in [0, 0.05) is 17.4 Å². The molecule has 1 saturated carbocycles. The smallest absolute Gasteiger partial charge is 0.241 e. The van der Waals surface area contributed by atoms with Crippen molar-refractivity contribution in [1.82, 2.24) is 10.9 Å². The summed E-state index contributed by atoms with van der Waals surface area (Å²) < 4.78 is 5.59. The first-order valence-electron chi connectivity index (χ1n) is 7.04.